The van der Waals surface area contributed by atoms with Crippen LogP contribution in [0.3, 0.4) is 0 Å². The highest BCUT2D eigenvalue weighted by molar-refractivity contribution is 6.24. The Kier molecular flexibility index (Phi) is 4.27. The number of amides is 2. The zero-order valence-corrected chi connectivity index (χ0v) is 15.4. The maximum absolute atomic E-state index is 14.5. The van der Waals surface area contributed by atoms with E-state index in [1.54, 1.807) is 48.5 Å². The van der Waals surface area contributed by atoms with Gasteiger partial charge in [0.05, 0.1) is 24.6 Å². The maximum Gasteiger partial charge on any atom is 0.326 e. The SMILES string of the molecule is COC(=O)[C@]1(C)N[C@@H](c2ccccc2F)[C@H]2C(=O)N(c3ccccc3)C(=O)[C@H]21. The summed E-state index contributed by atoms with van der Waals surface area (Å²) in [6.45, 7) is 1.52. The van der Waals surface area contributed by atoms with E-state index in [1.165, 1.54) is 20.1 Å². The minimum atomic E-state index is -1.46. The van der Waals surface area contributed by atoms with Crippen molar-refractivity contribution in [3.63, 3.8) is 0 Å². The number of nitrogens with zero attached hydrogens (tertiary/aromatic N) is 1. The first-order chi connectivity index (χ1) is 13.4. The van der Waals surface area contributed by atoms with E-state index < -0.39 is 47.0 Å². The molecular formula is C21H19FN2O4. The molecule has 0 radical (unpaired) electrons. The fourth-order valence-corrected chi connectivity index (χ4v) is 4.36. The minimum absolute atomic E-state index is 0.237. The van der Waals surface area contributed by atoms with E-state index in [1.807, 2.05) is 0 Å². The molecule has 2 fully saturated rings. The number of carbonyl (C=O) groups excluding carboxylic acids is 3. The van der Waals surface area contributed by atoms with Crippen molar-refractivity contribution in [1.29, 1.82) is 0 Å². The lowest BCUT2D eigenvalue weighted by molar-refractivity contribution is -0.151. The van der Waals surface area contributed by atoms with Crippen molar-refractivity contribution in [2.75, 3.05) is 12.0 Å². The Hall–Kier alpha value is -3.06. The number of methoxy groups -OCH3 is 1. The quantitative estimate of drug-likeness (QED) is 0.651. The molecule has 2 aromatic rings. The number of hydrogen-bond acceptors (Lipinski definition) is 5. The zero-order chi connectivity index (χ0) is 20.1. The number of anilines is 1. The monoisotopic (exact) mass is 382 g/mol. The van der Waals surface area contributed by atoms with Crippen molar-refractivity contribution >= 4 is 23.5 Å². The average Bonchev–Trinajstić information content (AvgIpc) is 3.16. The first-order valence-corrected chi connectivity index (χ1v) is 8.93. The lowest BCUT2D eigenvalue weighted by Crippen LogP contribution is -2.54. The van der Waals surface area contributed by atoms with E-state index in [0.717, 1.165) is 4.90 Å². The topological polar surface area (TPSA) is 75.7 Å². The molecule has 2 heterocycles. The van der Waals surface area contributed by atoms with Crippen molar-refractivity contribution < 1.29 is 23.5 Å². The molecule has 0 spiro atoms. The lowest BCUT2D eigenvalue weighted by Gasteiger charge is -2.28. The number of fused-ring (bicyclic) bond motifs is 1. The van der Waals surface area contributed by atoms with Crippen LogP contribution in [0.5, 0.6) is 0 Å². The summed E-state index contributed by atoms with van der Waals surface area (Å²) in [4.78, 5) is 40.2. The van der Waals surface area contributed by atoms with Crippen LogP contribution < -0.4 is 10.2 Å². The molecule has 4 atom stereocenters. The summed E-state index contributed by atoms with van der Waals surface area (Å²) in [6.07, 6.45) is 0. The summed E-state index contributed by atoms with van der Waals surface area (Å²) in [5.41, 5.74) is -0.796. The molecule has 28 heavy (non-hydrogen) atoms. The Balaban J connectivity index is 1.85. The van der Waals surface area contributed by atoms with Gasteiger partial charge in [0.15, 0.2) is 0 Å². The summed E-state index contributed by atoms with van der Waals surface area (Å²) in [5, 5.41) is 3.03. The molecule has 2 aliphatic heterocycles. The second-order valence-corrected chi connectivity index (χ2v) is 7.19. The van der Waals surface area contributed by atoms with Crippen LogP contribution in [0.2, 0.25) is 0 Å². The van der Waals surface area contributed by atoms with Crippen LogP contribution in [0.1, 0.15) is 18.5 Å². The van der Waals surface area contributed by atoms with Gasteiger partial charge >= 0.3 is 5.97 Å². The first-order valence-electron chi connectivity index (χ1n) is 8.93. The van der Waals surface area contributed by atoms with Crippen LogP contribution in [0, 0.1) is 17.7 Å². The van der Waals surface area contributed by atoms with Gasteiger partial charge < -0.3 is 4.74 Å². The summed E-state index contributed by atoms with van der Waals surface area (Å²) in [6, 6.07) is 13.7. The van der Waals surface area contributed by atoms with Crippen LogP contribution in [0.4, 0.5) is 10.1 Å². The predicted octanol–water partition coefficient (Wildman–Crippen LogP) is 2.21. The molecule has 0 saturated carbocycles. The number of para-hydroxylation sites is 1. The Bertz CT molecular complexity index is 964. The van der Waals surface area contributed by atoms with Crippen LogP contribution in [0.15, 0.2) is 54.6 Å². The number of hydrogen-bond donors (Lipinski definition) is 1. The normalized spacial score (nSPS) is 29.1. The summed E-state index contributed by atoms with van der Waals surface area (Å²) < 4.78 is 19.4. The summed E-state index contributed by atoms with van der Waals surface area (Å²) in [7, 11) is 1.22. The lowest BCUT2D eigenvalue weighted by atomic mass is 9.80. The molecule has 0 unspecified atom stereocenters. The fourth-order valence-electron chi connectivity index (χ4n) is 4.36. The number of benzene rings is 2. The van der Waals surface area contributed by atoms with Crippen LogP contribution >= 0.6 is 0 Å². The van der Waals surface area contributed by atoms with E-state index in [0.29, 0.717) is 5.69 Å². The maximum atomic E-state index is 14.5. The molecule has 4 rings (SSSR count). The largest absolute Gasteiger partial charge is 0.468 e. The van der Waals surface area contributed by atoms with E-state index in [9.17, 15) is 18.8 Å². The molecule has 2 aromatic carbocycles. The van der Waals surface area contributed by atoms with Gasteiger partial charge in [-0.1, -0.05) is 36.4 Å². The molecule has 2 saturated heterocycles. The van der Waals surface area contributed by atoms with Gasteiger partial charge in [-0.05, 0) is 25.1 Å². The fraction of sp³-hybridized carbons (Fsp3) is 0.286. The van der Waals surface area contributed by atoms with Gasteiger partial charge in [0.25, 0.3) is 0 Å². The second-order valence-electron chi connectivity index (χ2n) is 7.19. The molecule has 6 nitrogen and oxygen atoms in total. The van der Waals surface area contributed by atoms with Gasteiger partial charge in [-0.15, -0.1) is 0 Å². The summed E-state index contributed by atoms with van der Waals surface area (Å²) in [5.74, 6) is -4.07. The molecule has 7 heteroatoms. The van der Waals surface area contributed by atoms with Gasteiger partial charge in [0.2, 0.25) is 11.8 Å². The Labute approximate surface area is 161 Å². The van der Waals surface area contributed by atoms with Crippen molar-refractivity contribution in [1.82, 2.24) is 5.32 Å². The van der Waals surface area contributed by atoms with E-state index in [2.05, 4.69) is 5.32 Å². The van der Waals surface area contributed by atoms with Crippen LogP contribution in [-0.4, -0.2) is 30.4 Å². The van der Waals surface area contributed by atoms with Crippen LogP contribution in [0.25, 0.3) is 0 Å². The first kappa shape index (κ1) is 18.3. The number of nitrogens with one attached hydrogen (secondary N) is 1. The molecular weight excluding hydrogens is 363 g/mol. The highest BCUT2D eigenvalue weighted by Crippen LogP contribution is 2.50. The van der Waals surface area contributed by atoms with E-state index in [-0.39, 0.29) is 5.56 Å². The Morgan fingerprint density at radius 2 is 1.71 bits per heavy atom. The van der Waals surface area contributed by atoms with Gasteiger partial charge in [-0.3, -0.25) is 19.7 Å². The van der Waals surface area contributed by atoms with Crippen molar-refractivity contribution in [2.24, 2.45) is 11.8 Å². The predicted molar refractivity (Wildman–Crippen MR) is 98.6 cm³/mol. The zero-order valence-electron chi connectivity index (χ0n) is 15.4. The standard InChI is InChI=1S/C21H19FN2O4/c1-21(20(27)28-2)16-15(17(23-21)13-10-6-7-11-14(13)22)18(25)24(19(16)26)12-8-4-3-5-9-12/h3-11,15-17,23H,1-2H3/t15-,16-,17-,21+/m0/s1. The molecule has 2 amide bonds. The Morgan fingerprint density at radius 1 is 1.07 bits per heavy atom. The summed E-state index contributed by atoms with van der Waals surface area (Å²) >= 11 is 0. The molecule has 1 N–H and O–H groups in total. The van der Waals surface area contributed by atoms with Gasteiger partial charge in [-0.2, -0.15) is 0 Å². The number of imide groups is 1. The van der Waals surface area contributed by atoms with Gasteiger partial charge in [0.1, 0.15) is 11.4 Å². The highest BCUT2D eigenvalue weighted by Gasteiger charge is 2.67. The van der Waals surface area contributed by atoms with Crippen molar-refractivity contribution in [2.45, 2.75) is 18.5 Å². The molecule has 144 valence electrons. The highest BCUT2D eigenvalue weighted by atomic mass is 19.1. The van der Waals surface area contributed by atoms with Crippen molar-refractivity contribution in [3.05, 3.63) is 66.0 Å². The number of halogens is 1. The van der Waals surface area contributed by atoms with E-state index >= 15 is 0 Å². The van der Waals surface area contributed by atoms with Crippen LogP contribution in [-0.2, 0) is 19.1 Å². The van der Waals surface area contributed by atoms with Gasteiger partial charge in [0, 0.05) is 11.6 Å². The minimum Gasteiger partial charge on any atom is -0.468 e. The van der Waals surface area contributed by atoms with E-state index in [4.69, 9.17) is 4.74 Å². The number of esters is 1. The molecule has 0 aromatic heterocycles. The molecule has 2 aliphatic rings. The van der Waals surface area contributed by atoms with Crippen molar-refractivity contribution in [3.8, 4) is 0 Å². The third-order valence-electron chi connectivity index (χ3n) is 5.65. The molecule has 0 aliphatic carbocycles. The Morgan fingerprint density at radius 3 is 2.36 bits per heavy atom. The third-order valence-corrected chi connectivity index (χ3v) is 5.65. The number of ether oxygens (including phenoxy) is 1. The molecule has 0 bridgehead atoms. The average molecular weight is 382 g/mol. The smallest absolute Gasteiger partial charge is 0.326 e. The number of rotatable bonds is 3. The van der Waals surface area contributed by atoms with Gasteiger partial charge in [-0.25, -0.2) is 9.29 Å². The third kappa shape index (κ3) is 2.46. The second kappa shape index (κ2) is 6.53. The number of carbonyl (C=O) groups is 3.